The summed E-state index contributed by atoms with van der Waals surface area (Å²) >= 11 is 0. The van der Waals surface area contributed by atoms with E-state index in [1.54, 1.807) is 0 Å². The fourth-order valence-corrected chi connectivity index (χ4v) is 6.26. The Hall–Kier alpha value is -4.32. The van der Waals surface area contributed by atoms with Gasteiger partial charge in [-0.25, -0.2) is 0 Å². The summed E-state index contributed by atoms with van der Waals surface area (Å²) in [4.78, 5) is 0. The van der Waals surface area contributed by atoms with Gasteiger partial charge in [0.2, 0.25) is 0 Å². The van der Waals surface area contributed by atoms with Gasteiger partial charge in [-0.05, 0) is 82.5 Å². The van der Waals surface area contributed by atoms with Crippen molar-refractivity contribution >= 4 is 21.7 Å². The zero-order valence-corrected chi connectivity index (χ0v) is 25.2. The molecule has 0 unspecified atom stereocenters. The monoisotopic (exact) mass is 565 g/mol. The Morgan fingerprint density at radius 3 is 1.86 bits per heavy atom. The lowest BCUT2D eigenvalue weighted by Crippen LogP contribution is -2.12. The number of rotatable bonds is 11. The molecule has 5 aromatic rings. The molecule has 0 spiro atoms. The molecule has 4 aromatic carbocycles. The van der Waals surface area contributed by atoms with E-state index in [0.29, 0.717) is 33.0 Å². The first kappa shape index (κ1) is 27.8. The molecule has 6 rings (SSSR count). The van der Waals surface area contributed by atoms with Gasteiger partial charge in [-0.2, -0.15) is 0 Å². The van der Waals surface area contributed by atoms with Crippen molar-refractivity contribution in [3.05, 3.63) is 66.2 Å². The minimum Gasteiger partial charge on any atom is -0.493 e. The number of benzene rings is 4. The van der Waals surface area contributed by atoms with Crippen LogP contribution in [0.15, 0.2) is 60.7 Å². The highest BCUT2D eigenvalue weighted by atomic mass is 16.5. The first-order chi connectivity index (χ1) is 20.6. The van der Waals surface area contributed by atoms with E-state index in [0.717, 1.165) is 69.2 Å². The SMILES string of the molecule is CCOc1ccc(-c2c3n(c4c2cc(OCC)c2ccccc24)CCc2cc(OCC)c(OCC)cc2-3)cc1OCC. The molecule has 6 nitrogen and oxygen atoms in total. The van der Waals surface area contributed by atoms with E-state index < -0.39 is 0 Å². The molecule has 0 amide bonds. The molecule has 0 atom stereocenters. The highest BCUT2D eigenvalue weighted by Gasteiger charge is 2.29. The van der Waals surface area contributed by atoms with Crippen LogP contribution >= 0.6 is 0 Å². The molecule has 0 fully saturated rings. The topological polar surface area (TPSA) is 51.1 Å². The summed E-state index contributed by atoms with van der Waals surface area (Å²) in [5.41, 5.74) is 7.01. The third-order valence-corrected chi connectivity index (χ3v) is 7.79. The maximum absolute atomic E-state index is 6.24. The number of aromatic nitrogens is 1. The minimum absolute atomic E-state index is 0.554. The molecule has 1 aromatic heterocycles. The second kappa shape index (κ2) is 11.9. The molecule has 0 radical (unpaired) electrons. The van der Waals surface area contributed by atoms with Gasteiger partial charge in [0.05, 0.1) is 44.2 Å². The van der Waals surface area contributed by atoms with E-state index in [-0.39, 0.29) is 0 Å². The number of fused-ring (bicyclic) bond motifs is 7. The van der Waals surface area contributed by atoms with E-state index in [4.69, 9.17) is 23.7 Å². The molecule has 0 bridgehead atoms. The third kappa shape index (κ3) is 4.69. The van der Waals surface area contributed by atoms with Crippen LogP contribution in [0.3, 0.4) is 0 Å². The largest absolute Gasteiger partial charge is 0.493 e. The number of aryl methyl sites for hydroxylation is 2. The van der Waals surface area contributed by atoms with Gasteiger partial charge in [0.25, 0.3) is 0 Å². The van der Waals surface area contributed by atoms with Gasteiger partial charge in [0, 0.05) is 33.8 Å². The van der Waals surface area contributed by atoms with Crippen LogP contribution in [0.4, 0.5) is 0 Å². The van der Waals surface area contributed by atoms with Crippen LogP contribution in [-0.2, 0) is 13.0 Å². The van der Waals surface area contributed by atoms with E-state index in [1.807, 2.05) is 40.7 Å². The highest BCUT2D eigenvalue weighted by molar-refractivity contribution is 6.17. The Kier molecular flexibility index (Phi) is 7.88. The summed E-state index contributed by atoms with van der Waals surface area (Å²) in [5.74, 6) is 3.95. The summed E-state index contributed by atoms with van der Waals surface area (Å²) in [6, 6.07) is 21.4. The molecule has 2 heterocycles. The molecule has 42 heavy (non-hydrogen) atoms. The Bertz CT molecular complexity index is 1750. The van der Waals surface area contributed by atoms with Crippen molar-refractivity contribution < 1.29 is 23.7 Å². The quantitative estimate of drug-likeness (QED) is 0.160. The predicted octanol–water partition coefficient (Wildman–Crippen LogP) is 8.68. The van der Waals surface area contributed by atoms with Crippen LogP contribution in [-0.4, -0.2) is 37.6 Å². The van der Waals surface area contributed by atoms with Gasteiger partial charge in [0.15, 0.2) is 23.0 Å². The fourth-order valence-electron chi connectivity index (χ4n) is 6.26. The lowest BCUT2D eigenvalue weighted by atomic mass is 9.92. The maximum atomic E-state index is 6.24. The number of ether oxygens (including phenoxy) is 5. The zero-order valence-electron chi connectivity index (χ0n) is 25.2. The maximum Gasteiger partial charge on any atom is 0.161 e. The van der Waals surface area contributed by atoms with Crippen LogP contribution in [0.25, 0.3) is 44.1 Å². The van der Waals surface area contributed by atoms with Crippen molar-refractivity contribution in [2.75, 3.05) is 33.0 Å². The molecule has 1 aliphatic heterocycles. The first-order valence-electron chi connectivity index (χ1n) is 15.2. The minimum atomic E-state index is 0.554. The Morgan fingerprint density at radius 2 is 1.17 bits per heavy atom. The van der Waals surface area contributed by atoms with Crippen molar-refractivity contribution in [3.8, 4) is 51.1 Å². The van der Waals surface area contributed by atoms with E-state index >= 15 is 0 Å². The van der Waals surface area contributed by atoms with Crippen molar-refractivity contribution in [2.24, 2.45) is 0 Å². The standard InChI is InChI=1S/C36H39NO5/c1-6-38-29-16-15-24(20-31(29)40-8-3)34-28-22-30(39-7-2)25-13-11-12-14-26(25)35(28)37-18-17-23-19-32(41-9-4)33(42-10-5)21-27(23)36(34)37/h11-16,19-22H,6-10,17-18H2,1-5H3. The van der Waals surface area contributed by atoms with Crippen LogP contribution in [0.1, 0.15) is 40.2 Å². The number of hydrogen-bond donors (Lipinski definition) is 0. The molecule has 0 N–H and O–H groups in total. The van der Waals surface area contributed by atoms with Gasteiger partial charge in [-0.3, -0.25) is 0 Å². The third-order valence-electron chi connectivity index (χ3n) is 7.79. The summed E-state index contributed by atoms with van der Waals surface area (Å²) in [6.07, 6.45) is 0.896. The summed E-state index contributed by atoms with van der Waals surface area (Å²) in [5, 5.41) is 3.45. The van der Waals surface area contributed by atoms with Gasteiger partial charge in [0.1, 0.15) is 5.75 Å². The van der Waals surface area contributed by atoms with Crippen molar-refractivity contribution in [3.63, 3.8) is 0 Å². The lowest BCUT2D eigenvalue weighted by Gasteiger charge is -2.24. The van der Waals surface area contributed by atoms with Crippen molar-refractivity contribution in [1.29, 1.82) is 0 Å². The van der Waals surface area contributed by atoms with Gasteiger partial charge in [-0.15, -0.1) is 0 Å². The molecule has 6 heteroatoms. The van der Waals surface area contributed by atoms with Crippen LogP contribution < -0.4 is 23.7 Å². The summed E-state index contributed by atoms with van der Waals surface area (Å²) in [6.45, 7) is 13.8. The highest BCUT2D eigenvalue weighted by Crippen LogP contribution is 2.50. The second-order valence-electron chi connectivity index (χ2n) is 10.2. The Labute approximate surface area is 247 Å². The fraction of sp³-hybridized carbons (Fsp3) is 0.333. The average molecular weight is 566 g/mol. The van der Waals surface area contributed by atoms with E-state index in [2.05, 4.69) is 59.2 Å². The smallest absolute Gasteiger partial charge is 0.161 e. The molecule has 218 valence electrons. The first-order valence-corrected chi connectivity index (χ1v) is 15.2. The molecular formula is C36H39NO5. The Balaban J connectivity index is 1.73. The van der Waals surface area contributed by atoms with Gasteiger partial charge < -0.3 is 28.3 Å². The van der Waals surface area contributed by atoms with Crippen LogP contribution in [0.2, 0.25) is 0 Å². The lowest BCUT2D eigenvalue weighted by molar-refractivity contribution is 0.287. The van der Waals surface area contributed by atoms with Crippen LogP contribution in [0.5, 0.6) is 28.7 Å². The van der Waals surface area contributed by atoms with Gasteiger partial charge in [-0.1, -0.05) is 30.3 Å². The normalized spacial score (nSPS) is 12.2. The molecule has 0 aliphatic carbocycles. The molecular weight excluding hydrogens is 526 g/mol. The van der Waals surface area contributed by atoms with Crippen molar-refractivity contribution in [2.45, 2.75) is 47.6 Å². The molecule has 1 aliphatic rings. The summed E-state index contributed by atoms with van der Waals surface area (Å²) < 4.78 is 32.9. The van der Waals surface area contributed by atoms with E-state index in [9.17, 15) is 0 Å². The summed E-state index contributed by atoms with van der Waals surface area (Å²) in [7, 11) is 0. The predicted molar refractivity (Wildman–Crippen MR) is 170 cm³/mol. The Morgan fingerprint density at radius 1 is 0.571 bits per heavy atom. The van der Waals surface area contributed by atoms with Crippen molar-refractivity contribution in [1.82, 2.24) is 4.57 Å². The zero-order chi connectivity index (χ0) is 29.2. The average Bonchev–Trinajstić information content (AvgIpc) is 3.34. The van der Waals surface area contributed by atoms with Gasteiger partial charge >= 0.3 is 0 Å². The number of hydrogen-bond acceptors (Lipinski definition) is 5. The second-order valence-corrected chi connectivity index (χ2v) is 10.2. The molecule has 0 saturated heterocycles. The van der Waals surface area contributed by atoms with Crippen LogP contribution in [0, 0.1) is 0 Å². The van der Waals surface area contributed by atoms with E-state index in [1.165, 1.54) is 22.2 Å². The number of nitrogens with zero attached hydrogens (tertiary/aromatic N) is 1. The molecule has 0 saturated carbocycles.